The highest BCUT2D eigenvalue weighted by Crippen LogP contribution is 2.27. The predicted octanol–water partition coefficient (Wildman–Crippen LogP) is 3.11. The van der Waals surface area contributed by atoms with Crippen LogP contribution < -0.4 is 15.5 Å². The van der Waals surface area contributed by atoms with Gasteiger partial charge in [0.05, 0.1) is 10.6 Å². The van der Waals surface area contributed by atoms with Crippen LogP contribution in [-0.4, -0.2) is 41.1 Å². The van der Waals surface area contributed by atoms with Gasteiger partial charge in [-0.2, -0.15) is 5.10 Å². The van der Waals surface area contributed by atoms with E-state index in [1.54, 1.807) is 35.6 Å². The third-order valence-corrected chi connectivity index (χ3v) is 5.57. The summed E-state index contributed by atoms with van der Waals surface area (Å²) in [6, 6.07) is 13.1. The van der Waals surface area contributed by atoms with Gasteiger partial charge in [-0.3, -0.25) is 14.7 Å². The zero-order valence-corrected chi connectivity index (χ0v) is 16.3. The summed E-state index contributed by atoms with van der Waals surface area (Å²) < 4.78 is 0. The van der Waals surface area contributed by atoms with Crippen molar-refractivity contribution in [1.29, 1.82) is 0 Å². The number of amides is 2. The van der Waals surface area contributed by atoms with E-state index in [4.69, 9.17) is 0 Å². The molecule has 3 N–H and O–H groups in total. The second kappa shape index (κ2) is 7.85. The second-order valence-corrected chi connectivity index (χ2v) is 7.73. The van der Waals surface area contributed by atoms with Crippen molar-refractivity contribution in [2.24, 2.45) is 0 Å². The maximum atomic E-state index is 12.5. The number of nitrogens with one attached hydrogen (secondary N) is 3. The van der Waals surface area contributed by atoms with Crippen molar-refractivity contribution in [3.05, 3.63) is 53.4 Å². The molecule has 1 fully saturated rings. The Kier molecular flexibility index (Phi) is 5.12. The molecule has 7 nitrogen and oxygen atoms in total. The summed E-state index contributed by atoms with van der Waals surface area (Å²) in [6.45, 7) is 3.03. The fraction of sp³-hybridized carbons (Fsp3) is 0.250. The van der Waals surface area contributed by atoms with E-state index in [1.165, 1.54) is 6.92 Å². The van der Waals surface area contributed by atoms with Crippen LogP contribution in [0.4, 0.5) is 11.5 Å². The number of thiophene rings is 1. The van der Waals surface area contributed by atoms with Crippen molar-refractivity contribution in [2.45, 2.75) is 19.4 Å². The summed E-state index contributed by atoms with van der Waals surface area (Å²) in [5.41, 5.74) is 2.26. The van der Waals surface area contributed by atoms with E-state index in [-0.39, 0.29) is 17.9 Å². The van der Waals surface area contributed by atoms with Crippen LogP contribution >= 0.6 is 11.3 Å². The summed E-state index contributed by atoms with van der Waals surface area (Å²) in [7, 11) is 0. The van der Waals surface area contributed by atoms with Crippen LogP contribution in [0.3, 0.4) is 0 Å². The fourth-order valence-corrected chi connectivity index (χ4v) is 3.99. The summed E-state index contributed by atoms with van der Waals surface area (Å²) in [6.07, 6.45) is 0.872. The van der Waals surface area contributed by atoms with Gasteiger partial charge in [0.2, 0.25) is 5.91 Å². The van der Waals surface area contributed by atoms with E-state index in [9.17, 15) is 9.59 Å². The number of hydrogen-bond acceptors (Lipinski definition) is 5. The number of benzene rings is 1. The summed E-state index contributed by atoms with van der Waals surface area (Å²) in [4.78, 5) is 26.9. The van der Waals surface area contributed by atoms with Gasteiger partial charge < -0.3 is 15.5 Å². The molecular weight excluding hydrogens is 374 g/mol. The Morgan fingerprint density at radius 2 is 2.07 bits per heavy atom. The van der Waals surface area contributed by atoms with Gasteiger partial charge in [0.25, 0.3) is 5.91 Å². The van der Waals surface area contributed by atoms with Crippen LogP contribution in [-0.2, 0) is 4.79 Å². The predicted molar refractivity (Wildman–Crippen MR) is 111 cm³/mol. The number of nitrogens with zero attached hydrogens (tertiary/aromatic N) is 2. The van der Waals surface area contributed by atoms with E-state index in [0.29, 0.717) is 11.3 Å². The van der Waals surface area contributed by atoms with Gasteiger partial charge in [-0.1, -0.05) is 6.07 Å². The maximum Gasteiger partial charge on any atom is 0.251 e. The van der Waals surface area contributed by atoms with Crippen molar-refractivity contribution in [3.63, 3.8) is 0 Å². The van der Waals surface area contributed by atoms with Crippen LogP contribution in [0, 0.1) is 0 Å². The first-order chi connectivity index (χ1) is 13.6. The Bertz CT molecular complexity index is 965. The quantitative estimate of drug-likeness (QED) is 0.619. The third-order valence-electron chi connectivity index (χ3n) is 4.67. The first-order valence-electron chi connectivity index (χ1n) is 9.11. The van der Waals surface area contributed by atoms with Crippen molar-refractivity contribution >= 4 is 34.7 Å². The maximum absolute atomic E-state index is 12.5. The summed E-state index contributed by atoms with van der Waals surface area (Å²) >= 11 is 1.67. The number of carbonyl (C=O) groups excluding carboxylic acids is 2. The largest absolute Gasteiger partial charge is 0.353 e. The molecule has 1 atom stereocenters. The van der Waals surface area contributed by atoms with Gasteiger partial charge in [-0.15, -0.1) is 11.3 Å². The topological polar surface area (TPSA) is 90.1 Å². The third kappa shape index (κ3) is 4.07. The molecule has 1 saturated heterocycles. The minimum Gasteiger partial charge on any atom is -0.353 e. The highest BCUT2D eigenvalue weighted by Gasteiger charge is 2.26. The van der Waals surface area contributed by atoms with Gasteiger partial charge in [-0.25, -0.2) is 0 Å². The zero-order valence-electron chi connectivity index (χ0n) is 15.4. The first kappa shape index (κ1) is 18.2. The Balaban J connectivity index is 1.34. The molecule has 4 rings (SSSR count). The number of anilines is 2. The molecule has 0 aliphatic carbocycles. The summed E-state index contributed by atoms with van der Waals surface area (Å²) in [5.74, 6) is 0.659. The average molecular weight is 395 g/mol. The van der Waals surface area contributed by atoms with Gasteiger partial charge in [0, 0.05) is 43.4 Å². The molecule has 3 aromatic rings. The molecule has 1 aliphatic heterocycles. The Morgan fingerprint density at radius 1 is 1.25 bits per heavy atom. The standard InChI is InChI=1S/C20H21N5O2S/c1-13(26)21-15-6-4-14(5-7-15)20(27)22-16-8-9-25(12-16)19-11-17(23-24-19)18-3-2-10-28-18/h2-7,10-11,16H,8-9,12H2,1H3,(H,21,26)(H,22,27)(H,23,24). The molecule has 1 aromatic carbocycles. The molecule has 8 heteroatoms. The van der Waals surface area contributed by atoms with Crippen LogP contribution in [0.25, 0.3) is 10.6 Å². The molecule has 0 spiro atoms. The minimum absolute atomic E-state index is 0.0735. The molecule has 0 radical (unpaired) electrons. The average Bonchev–Trinajstić information content (AvgIpc) is 3.42. The van der Waals surface area contributed by atoms with E-state index in [0.717, 1.165) is 35.9 Å². The first-order valence-corrected chi connectivity index (χ1v) is 9.99. The fourth-order valence-electron chi connectivity index (χ4n) is 3.29. The van der Waals surface area contributed by atoms with Crippen molar-refractivity contribution in [1.82, 2.24) is 15.5 Å². The van der Waals surface area contributed by atoms with Crippen molar-refractivity contribution in [2.75, 3.05) is 23.3 Å². The van der Waals surface area contributed by atoms with Gasteiger partial charge in [0.15, 0.2) is 5.82 Å². The highest BCUT2D eigenvalue weighted by atomic mass is 32.1. The van der Waals surface area contributed by atoms with Gasteiger partial charge in [0.1, 0.15) is 0 Å². The van der Waals surface area contributed by atoms with E-state index in [1.807, 2.05) is 11.4 Å². The van der Waals surface area contributed by atoms with Gasteiger partial charge in [-0.05, 0) is 42.1 Å². The number of carbonyl (C=O) groups is 2. The summed E-state index contributed by atoms with van der Waals surface area (Å²) in [5, 5.41) is 15.3. The highest BCUT2D eigenvalue weighted by molar-refractivity contribution is 7.13. The molecule has 0 bridgehead atoms. The number of hydrogen-bond donors (Lipinski definition) is 3. The molecule has 144 valence electrons. The van der Waals surface area contributed by atoms with E-state index in [2.05, 4.69) is 37.9 Å². The lowest BCUT2D eigenvalue weighted by Gasteiger charge is -2.16. The minimum atomic E-state index is -0.135. The lowest BCUT2D eigenvalue weighted by molar-refractivity contribution is -0.114. The van der Waals surface area contributed by atoms with Gasteiger partial charge >= 0.3 is 0 Å². The SMILES string of the molecule is CC(=O)Nc1ccc(C(=O)NC2CCN(c3cc(-c4cccs4)[nH]n3)C2)cc1. The molecule has 1 aliphatic rings. The molecule has 1 unspecified atom stereocenters. The van der Waals surface area contributed by atoms with Crippen LogP contribution in [0.15, 0.2) is 47.8 Å². The van der Waals surface area contributed by atoms with E-state index < -0.39 is 0 Å². The number of rotatable bonds is 5. The molecule has 28 heavy (non-hydrogen) atoms. The van der Waals surface area contributed by atoms with Crippen molar-refractivity contribution < 1.29 is 9.59 Å². The lowest BCUT2D eigenvalue weighted by atomic mass is 10.1. The van der Waals surface area contributed by atoms with Crippen LogP contribution in [0.5, 0.6) is 0 Å². The monoisotopic (exact) mass is 395 g/mol. The molecule has 2 aromatic heterocycles. The molecular formula is C20H21N5O2S. The Hall–Kier alpha value is -3.13. The smallest absolute Gasteiger partial charge is 0.251 e. The van der Waals surface area contributed by atoms with Crippen LogP contribution in [0.1, 0.15) is 23.7 Å². The van der Waals surface area contributed by atoms with Crippen molar-refractivity contribution in [3.8, 4) is 10.6 Å². The normalized spacial score (nSPS) is 16.2. The zero-order chi connectivity index (χ0) is 19.5. The number of H-pyrrole nitrogens is 1. The van der Waals surface area contributed by atoms with Crippen LogP contribution in [0.2, 0.25) is 0 Å². The number of aromatic nitrogens is 2. The Labute approximate surface area is 166 Å². The Morgan fingerprint density at radius 3 is 2.79 bits per heavy atom. The molecule has 3 heterocycles. The number of aromatic amines is 1. The second-order valence-electron chi connectivity index (χ2n) is 6.78. The molecule has 0 saturated carbocycles. The lowest BCUT2D eigenvalue weighted by Crippen LogP contribution is -2.37. The van der Waals surface area contributed by atoms with E-state index >= 15 is 0 Å². The molecule has 2 amide bonds.